The summed E-state index contributed by atoms with van der Waals surface area (Å²) >= 11 is 5.91. The third-order valence-corrected chi connectivity index (χ3v) is 3.57. The Bertz CT molecular complexity index is 537. The van der Waals surface area contributed by atoms with Gasteiger partial charge in [-0.1, -0.05) is 11.6 Å². The molecular formula is C12H14ClN3O4. The van der Waals surface area contributed by atoms with Gasteiger partial charge in [-0.2, -0.15) is 0 Å². The van der Waals surface area contributed by atoms with Crippen LogP contribution in [0.25, 0.3) is 0 Å². The Labute approximate surface area is 120 Å². The molecule has 108 valence electrons. The smallest absolute Gasteiger partial charge is 0.322 e. The van der Waals surface area contributed by atoms with Crippen molar-refractivity contribution in [3.63, 3.8) is 0 Å². The van der Waals surface area contributed by atoms with Gasteiger partial charge in [0.25, 0.3) is 5.69 Å². The lowest BCUT2D eigenvalue weighted by atomic mass is 10.2. The summed E-state index contributed by atoms with van der Waals surface area (Å²) in [5.74, 6) is 0. The Balaban J connectivity index is 2.10. The molecule has 7 nitrogen and oxygen atoms in total. The summed E-state index contributed by atoms with van der Waals surface area (Å²) in [7, 11) is 0. The van der Waals surface area contributed by atoms with Gasteiger partial charge in [0.1, 0.15) is 0 Å². The number of halogens is 1. The molecule has 1 atom stereocenters. The zero-order valence-electron chi connectivity index (χ0n) is 10.6. The van der Waals surface area contributed by atoms with E-state index in [0.717, 1.165) is 12.8 Å². The monoisotopic (exact) mass is 299 g/mol. The molecule has 0 saturated carbocycles. The van der Waals surface area contributed by atoms with Crippen LogP contribution < -0.4 is 5.32 Å². The van der Waals surface area contributed by atoms with Crippen molar-refractivity contribution in [2.24, 2.45) is 0 Å². The van der Waals surface area contributed by atoms with Crippen LogP contribution in [0.1, 0.15) is 12.8 Å². The van der Waals surface area contributed by atoms with E-state index in [1.54, 1.807) is 0 Å². The number of nitro groups is 1. The molecule has 1 saturated heterocycles. The molecule has 0 spiro atoms. The fourth-order valence-electron chi connectivity index (χ4n) is 2.20. The third-order valence-electron chi connectivity index (χ3n) is 3.25. The topological polar surface area (TPSA) is 95.7 Å². The first-order chi connectivity index (χ1) is 9.52. The number of aliphatic hydroxyl groups is 1. The number of amides is 2. The van der Waals surface area contributed by atoms with Crippen LogP contribution in [0.2, 0.25) is 5.02 Å². The Kier molecular flexibility index (Phi) is 4.41. The Morgan fingerprint density at radius 1 is 1.60 bits per heavy atom. The molecule has 2 rings (SSSR count). The minimum absolute atomic E-state index is 0.0819. The molecule has 1 aromatic rings. The van der Waals surface area contributed by atoms with Crippen molar-refractivity contribution in [3.05, 3.63) is 33.3 Å². The number of carbonyl (C=O) groups excluding carboxylic acids is 1. The summed E-state index contributed by atoms with van der Waals surface area (Å²) in [6.07, 6.45) is 1.60. The van der Waals surface area contributed by atoms with Gasteiger partial charge in [-0.05, 0) is 18.9 Å². The Morgan fingerprint density at radius 3 is 2.95 bits per heavy atom. The largest absolute Gasteiger partial charge is 0.394 e. The molecule has 8 heteroatoms. The average Bonchev–Trinajstić information content (AvgIpc) is 2.89. The summed E-state index contributed by atoms with van der Waals surface area (Å²) in [4.78, 5) is 23.7. The van der Waals surface area contributed by atoms with Gasteiger partial charge < -0.3 is 15.3 Å². The Morgan fingerprint density at radius 2 is 2.35 bits per heavy atom. The van der Waals surface area contributed by atoms with Crippen LogP contribution in [-0.2, 0) is 0 Å². The number of likely N-dealkylation sites (tertiary alicyclic amines) is 1. The highest BCUT2D eigenvalue weighted by atomic mass is 35.5. The highest BCUT2D eigenvalue weighted by molar-refractivity contribution is 6.33. The predicted molar refractivity (Wildman–Crippen MR) is 73.9 cm³/mol. The third kappa shape index (κ3) is 3.00. The average molecular weight is 300 g/mol. The molecule has 0 bridgehead atoms. The number of benzene rings is 1. The summed E-state index contributed by atoms with van der Waals surface area (Å²) in [5.41, 5.74) is 0.174. The van der Waals surface area contributed by atoms with Gasteiger partial charge in [-0.15, -0.1) is 0 Å². The molecule has 2 N–H and O–H groups in total. The predicted octanol–water partition coefficient (Wildman–Crippen LogP) is 2.24. The van der Waals surface area contributed by atoms with Crippen molar-refractivity contribution in [3.8, 4) is 0 Å². The summed E-state index contributed by atoms with van der Waals surface area (Å²) in [6.45, 7) is 0.489. The van der Waals surface area contributed by atoms with E-state index < -0.39 is 4.92 Å². The molecule has 1 fully saturated rings. The second-order valence-electron chi connectivity index (χ2n) is 4.52. The van der Waals surface area contributed by atoms with Gasteiger partial charge in [-0.25, -0.2) is 4.79 Å². The molecule has 0 aliphatic carbocycles. The molecule has 0 radical (unpaired) electrons. The first-order valence-electron chi connectivity index (χ1n) is 6.15. The Hall–Kier alpha value is -1.86. The van der Waals surface area contributed by atoms with E-state index >= 15 is 0 Å². The molecule has 0 unspecified atom stereocenters. The SMILES string of the molecule is O=C(Nc1ccc([N+](=O)[O-])cc1Cl)N1CCC[C@@H]1CO. The maximum absolute atomic E-state index is 12.1. The maximum Gasteiger partial charge on any atom is 0.322 e. The van der Waals surface area contributed by atoms with Gasteiger partial charge in [0, 0.05) is 18.7 Å². The van der Waals surface area contributed by atoms with Gasteiger partial charge in [-0.3, -0.25) is 10.1 Å². The van der Waals surface area contributed by atoms with E-state index in [2.05, 4.69) is 5.32 Å². The van der Waals surface area contributed by atoms with E-state index in [9.17, 15) is 20.0 Å². The number of nitro benzene ring substituents is 1. The van der Waals surface area contributed by atoms with Crippen LogP contribution in [0, 0.1) is 10.1 Å². The van der Waals surface area contributed by atoms with Crippen molar-refractivity contribution in [2.45, 2.75) is 18.9 Å². The van der Waals surface area contributed by atoms with Crippen LogP contribution >= 0.6 is 11.6 Å². The number of urea groups is 1. The van der Waals surface area contributed by atoms with Crippen LogP contribution in [0.15, 0.2) is 18.2 Å². The van der Waals surface area contributed by atoms with E-state index in [0.29, 0.717) is 12.2 Å². The van der Waals surface area contributed by atoms with Crippen LogP contribution in [0.4, 0.5) is 16.2 Å². The van der Waals surface area contributed by atoms with Crippen molar-refractivity contribution in [1.29, 1.82) is 0 Å². The molecular weight excluding hydrogens is 286 g/mol. The second-order valence-corrected chi connectivity index (χ2v) is 4.93. The van der Waals surface area contributed by atoms with E-state index in [1.807, 2.05) is 0 Å². The molecule has 1 aliphatic rings. The number of hydrogen-bond donors (Lipinski definition) is 2. The first kappa shape index (κ1) is 14.5. The number of nitrogens with one attached hydrogen (secondary N) is 1. The highest BCUT2D eigenvalue weighted by Gasteiger charge is 2.28. The zero-order chi connectivity index (χ0) is 14.7. The van der Waals surface area contributed by atoms with E-state index in [-0.39, 0.29) is 29.4 Å². The van der Waals surface area contributed by atoms with Gasteiger partial charge in [0.15, 0.2) is 0 Å². The van der Waals surface area contributed by atoms with Crippen LogP contribution in [0.5, 0.6) is 0 Å². The van der Waals surface area contributed by atoms with Gasteiger partial charge in [0.2, 0.25) is 0 Å². The lowest BCUT2D eigenvalue weighted by molar-refractivity contribution is -0.384. The van der Waals surface area contributed by atoms with Gasteiger partial charge in [0.05, 0.1) is 28.3 Å². The van der Waals surface area contributed by atoms with Crippen LogP contribution in [0.3, 0.4) is 0 Å². The summed E-state index contributed by atoms with van der Waals surface area (Å²) in [5, 5.41) is 22.5. The molecule has 0 aromatic heterocycles. The lowest BCUT2D eigenvalue weighted by Gasteiger charge is -2.23. The van der Waals surface area contributed by atoms with E-state index in [4.69, 9.17) is 11.6 Å². The second kappa shape index (κ2) is 6.06. The molecule has 20 heavy (non-hydrogen) atoms. The van der Waals surface area contributed by atoms with Crippen molar-refractivity contribution >= 4 is 29.0 Å². The standard InChI is InChI=1S/C12H14ClN3O4/c13-10-6-8(16(19)20)3-4-11(10)14-12(18)15-5-1-2-9(15)7-17/h3-4,6,9,17H,1-2,5,7H2,(H,14,18)/t9-/m1/s1. The lowest BCUT2D eigenvalue weighted by Crippen LogP contribution is -2.40. The molecule has 2 amide bonds. The summed E-state index contributed by atoms with van der Waals surface area (Å²) in [6, 6.07) is 3.30. The number of anilines is 1. The van der Waals surface area contributed by atoms with Crippen molar-refractivity contribution in [1.82, 2.24) is 4.90 Å². The summed E-state index contributed by atoms with van der Waals surface area (Å²) < 4.78 is 0. The van der Waals surface area contributed by atoms with Crippen molar-refractivity contribution < 1.29 is 14.8 Å². The van der Waals surface area contributed by atoms with Gasteiger partial charge >= 0.3 is 6.03 Å². The van der Waals surface area contributed by atoms with Crippen LogP contribution in [-0.4, -0.2) is 40.2 Å². The first-order valence-corrected chi connectivity index (χ1v) is 6.53. The zero-order valence-corrected chi connectivity index (χ0v) is 11.3. The number of rotatable bonds is 3. The molecule has 1 heterocycles. The van der Waals surface area contributed by atoms with Crippen molar-refractivity contribution in [2.75, 3.05) is 18.5 Å². The quantitative estimate of drug-likeness (QED) is 0.661. The molecule has 1 aliphatic heterocycles. The minimum atomic E-state index is -0.556. The number of non-ortho nitro benzene ring substituents is 1. The number of hydrogen-bond acceptors (Lipinski definition) is 4. The molecule has 1 aromatic carbocycles. The number of aliphatic hydroxyl groups excluding tert-OH is 1. The number of nitrogens with zero attached hydrogens (tertiary/aromatic N) is 2. The minimum Gasteiger partial charge on any atom is -0.394 e. The normalized spacial score (nSPS) is 18.1. The maximum atomic E-state index is 12.1. The highest BCUT2D eigenvalue weighted by Crippen LogP contribution is 2.27. The number of carbonyl (C=O) groups is 1. The fraction of sp³-hybridized carbons (Fsp3) is 0.417. The fourth-order valence-corrected chi connectivity index (χ4v) is 2.42. The van der Waals surface area contributed by atoms with E-state index in [1.165, 1.54) is 23.1 Å².